The number of anilines is 1. The minimum Gasteiger partial charge on any atom is -0.297 e. The minimum atomic E-state index is -3.73. The minimum absolute atomic E-state index is 0.0104. The van der Waals surface area contributed by atoms with Crippen molar-refractivity contribution in [2.24, 2.45) is 5.14 Å². The first-order valence-corrected chi connectivity index (χ1v) is 7.07. The van der Waals surface area contributed by atoms with Crippen LogP contribution < -0.4 is 10.0 Å². The number of thiazole rings is 1. The van der Waals surface area contributed by atoms with Crippen molar-refractivity contribution >= 4 is 38.7 Å². The molecule has 1 amide bonds. The molecule has 1 atom stereocenters. The summed E-state index contributed by atoms with van der Waals surface area (Å²) in [4.78, 5) is 27.6. The van der Waals surface area contributed by atoms with Crippen molar-refractivity contribution in [1.29, 1.82) is 0 Å². The number of hydrogen-bond acceptors (Lipinski definition) is 6. The van der Waals surface area contributed by atoms with Crippen molar-refractivity contribution in [3.8, 4) is 0 Å². The van der Waals surface area contributed by atoms with Gasteiger partial charge in [0.25, 0.3) is 0 Å². The number of aromatic nitrogens is 1. The van der Waals surface area contributed by atoms with Crippen LogP contribution >= 0.6 is 11.3 Å². The highest BCUT2D eigenvalue weighted by molar-refractivity contribution is 7.89. The lowest BCUT2D eigenvalue weighted by Crippen LogP contribution is -2.32. The number of nitrogens with zero attached hydrogens (tertiary/aromatic N) is 2. The molecule has 2 rings (SSSR count). The average Bonchev–Trinajstić information content (AvgIpc) is 2.82. The average molecular weight is 275 g/mol. The number of rotatable bonds is 3. The standard InChI is InChI=1S/C8H9N3O4S2/c9-17(14,15)6-1-7(13)11(3-6)8-10-2-5(4-12)16-8/h2,4,6H,1,3H2,(H2,9,14,15). The van der Waals surface area contributed by atoms with E-state index in [-0.39, 0.29) is 18.9 Å². The van der Waals surface area contributed by atoms with Crippen LogP contribution in [0.4, 0.5) is 5.13 Å². The summed E-state index contributed by atoms with van der Waals surface area (Å²) >= 11 is 1.04. The van der Waals surface area contributed by atoms with Gasteiger partial charge in [0, 0.05) is 13.0 Å². The fourth-order valence-electron chi connectivity index (χ4n) is 1.54. The van der Waals surface area contributed by atoms with Crippen molar-refractivity contribution in [3.63, 3.8) is 0 Å². The first kappa shape index (κ1) is 12.1. The monoisotopic (exact) mass is 275 g/mol. The molecule has 0 bridgehead atoms. The summed E-state index contributed by atoms with van der Waals surface area (Å²) in [7, 11) is -3.73. The van der Waals surface area contributed by atoms with Gasteiger partial charge in [0.1, 0.15) is 5.25 Å². The van der Waals surface area contributed by atoms with Crippen molar-refractivity contribution < 1.29 is 18.0 Å². The molecule has 7 nitrogen and oxygen atoms in total. The van der Waals surface area contributed by atoms with Crippen LogP contribution in [0.25, 0.3) is 0 Å². The zero-order valence-electron chi connectivity index (χ0n) is 8.57. The number of hydrogen-bond donors (Lipinski definition) is 1. The Labute approximate surface area is 101 Å². The van der Waals surface area contributed by atoms with Crippen LogP contribution in [-0.4, -0.2) is 37.4 Å². The van der Waals surface area contributed by atoms with Crippen molar-refractivity contribution in [2.45, 2.75) is 11.7 Å². The Balaban J connectivity index is 2.24. The third-order valence-corrected chi connectivity index (χ3v) is 4.60. The van der Waals surface area contributed by atoms with E-state index in [0.717, 1.165) is 11.3 Å². The number of sulfonamides is 1. The van der Waals surface area contributed by atoms with E-state index in [4.69, 9.17) is 5.14 Å². The molecular weight excluding hydrogens is 266 g/mol. The molecule has 1 aliphatic heterocycles. The third kappa shape index (κ3) is 2.35. The summed E-state index contributed by atoms with van der Waals surface area (Å²) < 4.78 is 22.3. The number of amides is 1. The molecule has 0 spiro atoms. The highest BCUT2D eigenvalue weighted by Crippen LogP contribution is 2.27. The molecule has 0 saturated carbocycles. The quantitative estimate of drug-likeness (QED) is 0.737. The molecule has 17 heavy (non-hydrogen) atoms. The molecule has 2 heterocycles. The van der Waals surface area contributed by atoms with Gasteiger partial charge in [-0.1, -0.05) is 11.3 Å². The predicted molar refractivity (Wildman–Crippen MR) is 61.4 cm³/mol. The normalized spacial score (nSPS) is 20.9. The molecule has 1 fully saturated rings. The summed E-state index contributed by atoms with van der Waals surface area (Å²) in [6, 6.07) is 0. The molecule has 1 aromatic heterocycles. The van der Waals surface area contributed by atoms with E-state index in [1.807, 2.05) is 0 Å². The fraction of sp³-hybridized carbons (Fsp3) is 0.375. The Morgan fingerprint density at radius 2 is 2.29 bits per heavy atom. The second kappa shape index (κ2) is 4.17. The molecule has 92 valence electrons. The summed E-state index contributed by atoms with van der Waals surface area (Å²) in [6.45, 7) is -0.0104. The lowest BCUT2D eigenvalue weighted by Gasteiger charge is -2.11. The SMILES string of the molecule is NS(=O)(=O)C1CC(=O)N(c2ncc(C=O)s2)C1. The van der Waals surface area contributed by atoms with E-state index in [1.165, 1.54) is 11.1 Å². The van der Waals surface area contributed by atoms with Gasteiger partial charge in [-0.2, -0.15) is 0 Å². The molecule has 0 aliphatic carbocycles. The van der Waals surface area contributed by atoms with Crippen LogP contribution in [0.1, 0.15) is 16.1 Å². The van der Waals surface area contributed by atoms with Gasteiger partial charge < -0.3 is 0 Å². The van der Waals surface area contributed by atoms with Crippen LogP contribution in [0, 0.1) is 0 Å². The van der Waals surface area contributed by atoms with Gasteiger partial charge in [-0.05, 0) is 0 Å². The summed E-state index contributed by atoms with van der Waals surface area (Å²) in [5, 5.41) is 4.41. The molecule has 2 N–H and O–H groups in total. The second-order valence-electron chi connectivity index (χ2n) is 3.58. The first-order valence-electron chi connectivity index (χ1n) is 4.65. The Morgan fingerprint density at radius 1 is 1.59 bits per heavy atom. The van der Waals surface area contributed by atoms with Crippen molar-refractivity contribution in [2.75, 3.05) is 11.4 Å². The van der Waals surface area contributed by atoms with E-state index in [0.29, 0.717) is 16.3 Å². The highest BCUT2D eigenvalue weighted by atomic mass is 32.2. The zero-order chi connectivity index (χ0) is 12.6. The molecule has 0 aromatic carbocycles. The number of primary sulfonamides is 1. The van der Waals surface area contributed by atoms with Gasteiger partial charge in [-0.25, -0.2) is 18.5 Å². The number of nitrogens with two attached hydrogens (primary N) is 1. The van der Waals surface area contributed by atoms with E-state index >= 15 is 0 Å². The van der Waals surface area contributed by atoms with Crippen LogP contribution in [0.2, 0.25) is 0 Å². The molecular formula is C8H9N3O4S2. The van der Waals surface area contributed by atoms with Crippen molar-refractivity contribution in [3.05, 3.63) is 11.1 Å². The summed E-state index contributed by atoms with van der Waals surface area (Å²) in [5.74, 6) is -0.351. The lowest BCUT2D eigenvalue weighted by molar-refractivity contribution is -0.117. The maximum Gasteiger partial charge on any atom is 0.230 e. The second-order valence-corrected chi connectivity index (χ2v) is 6.47. The van der Waals surface area contributed by atoms with E-state index in [1.54, 1.807) is 0 Å². The van der Waals surface area contributed by atoms with Gasteiger partial charge in [-0.3, -0.25) is 14.5 Å². The topological polar surface area (TPSA) is 110 Å². The summed E-state index contributed by atoms with van der Waals surface area (Å²) in [6.07, 6.45) is 1.82. The van der Waals surface area contributed by atoms with Crippen LogP contribution in [0.15, 0.2) is 6.20 Å². The van der Waals surface area contributed by atoms with Gasteiger partial charge in [0.2, 0.25) is 15.9 Å². The highest BCUT2D eigenvalue weighted by Gasteiger charge is 2.38. The largest absolute Gasteiger partial charge is 0.297 e. The lowest BCUT2D eigenvalue weighted by atomic mass is 10.4. The summed E-state index contributed by atoms with van der Waals surface area (Å²) in [5.41, 5.74) is 0. The predicted octanol–water partition coefficient (Wildman–Crippen LogP) is -0.651. The molecule has 1 aromatic rings. The Morgan fingerprint density at radius 3 is 2.76 bits per heavy atom. The number of carbonyl (C=O) groups excluding carboxylic acids is 2. The van der Waals surface area contributed by atoms with Crippen LogP contribution in [0.5, 0.6) is 0 Å². The molecule has 0 radical (unpaired) electrons. The van der Waals surface area contributed by atoms with E-state index < -0.39 is 15.3 Å². The van der Waals surface area contributed by atoms with Crippen LogP contribution in [0.3, 0.4) is 0 Å². The smallest absolute Gasteiger partial charge is 0.230 e. The van der Waals surface area contributed by atoms with E-state index in [2.05, 4.69) is 4.98 Å². The molecule has 9 heteroatoms. The Bertz CT molecular complexity index is 565. The van der Waals surface area contributed by atoms with Crippen molar-refractivity contribution in [1.82, 2.24) is 4.98 Å². The first-order chi connectivity index (χ1) is 7.91. The van der Waals surface area contributed by atoms with Gasteiger partial charge >= 0.3 is 0 Å². The maximum absolute atomic E-state index is 11.6. The Hall–Kier alpha value is -1.32. The van der Waals surface area contributed by atoms with Gasteiger partial charge in [0.05, 0.1) is 11.1 Å². The number of carbonyl (C=O) groups is 2. The third-order valence-electron chi connectivity index (χ3n) is 2.41. The Kier molecular flexibility index (Phi) is 2.98. The maximum atomic E-state index is 11.6. The van der Waals surface area contributed by atoms with Gasteiger partial charge in [0.15, 0.2) is 11.4 Å². The molecule has 1 unspecified atom stereocenters. The fourth-order valence-corrected chi connectivity index (χ4v) is 3.02. The van der Waals surface area contributed by atoms with Gasteiger partial charge in [-0.15, -0.1) is 0 Å². The van der Waals surface area contributed by atoms with E-state index in [9.17, 15) is 18.0 Å². The molecule has 1 aliphatic rings. The van der Waals surface area contributed by atoms with Crippen LogP contribution in [-0.2, 0) is 14.8 Å². The zero-order valence-corrected chi connectivity index (χ0v) is 10.2. The molecule has 1 saturated heterocycles. The number of aldehydes is 1.